The molecule has 1 aromatic carbocycles. The van der Waals surface area contributed by atoms with E-state index in [1.54, 1.807) is 19.6 Å². The second-order valence-electron chi connectivity index (χ2n) is 8.60. The number of hydrogen-bond donors (Lipinski definition) is 2. The highest BCUT2D eigenvalue weighted by Gasteiger charge is 2.42. The van der Waals surface area contributed by atoms with E-state index in [2.05, 4.69) is 15.6 Å². The molecule has 0 unspecified atom stereocenters. The van der Waals surface area contributed by atoms with Gasteiger partial charge in [0.15, 0.2) is 5.11 Å². The maximum atomic E-state index is 12.5. The third-order valence-electron chi connectivity index (χ3n) is 5.33. The second-order valence-corrected chi connectivity index (χ2v) is 8.99. The Kier molecular flexibility index (Phi) is 5.88. The number of benzene rings is 1. The molecule has 166 valence electrons. The van der Waals surface area contributed by atoms with Crippen molar-refractivity contribution in [2.45, 2.75) is 32.9 Å². The number of pyridine rings is 1. The molecule has 0 spiro atoms. The monoisotopic (exact) mass is 450 g/mol. The third kappa shape index (κ3) is 4.18. The highest BCUT2D eigenvalue weighted by atomic mass is 32.1. The summed E-state index contributed by atoms with van der Waals surface area (Å²) in [5.41, 5.74) is 1.75. The fraction of sp³-hybridized carbons (Fsp3) is 0.292. The SMILES string of the molecule is COc1cc(N2C(=S)N[C@H](c3ccccn3)[C@H]2c2ccco2)ccc1NC(=O)C(C)(C)C. The normalized spacial score (nSPS) is 18.4. The van der Waals surface area contributed by atoms with Crippen molar-refractivity contribution in [3.8, 4) is 5.75 Å². The van der Waals surface area contributed by atoms with E-state index in [-0.39, 0.29) is 18.0 Å². The standard InChI is InChI=1S/C24H26N4O3S/c1-24(2,3)22(29)26-16-11-10-15(14-19(16)30-4)28-21(18-9-7-13-31-18)20(27-23(28)32)17-8-5-6-12-25-17/h5-14,20-21H,1-4H3,(H,26,29)(H,27,32)/t20-,21-/m1/s1. The zero-order valence-electron chi connectivity index (χ0n) is 18.5. The topological polar surface area (TPSA) is 79.6 Å². The molecular weight excluding hydrogens is 424 g/mol. The van der Waals surface area contributed by atoms with Gasteiger partial charge in [0.05, 0.1) is 30.8 Å². The van der Waals surface area contributed by atoms with Gasteiger partial charge in [0.2, 0.25) is 5.91 Å². The number of amides is 1. The van der Waals surface area contributed by atoms with Gasteiger partial charge in [-0.3, -0.25) is 9.78 Å². The van der Waals surface area contributed by atoms with Crippen molar-refractivity contribution >= 4 is 34.6 Å². The molecule has 8 heteroatoms. The number of nitrogens with one attached hydrogen (secondary N) is 2. The van der Waals surface area contributed by atoms with Crippen LogP contribution in [0.2, 0.25) is 0 Å². The number of furan rings is 1. The predicted octanol–water partition coefficient (Wildman–Crippen LogP) is 4.84. The summed E-state index contributed by atoms with van der Waals surface area (Å²) in [5.74, 6) is 1.21. The van der Waals surface area contributed by atoms with Gasteiger partial charge in [-0.25, -0.2) is 0 Å². The first-order valence-corrected chi connectivity index (χ1v) is 10.7. The summed E-state index contributed by atoms with van der Waals surface area (Å²) in [4.78, 5) is 19.0. The van der Waals surface area contributed by atoms with Crippen LogP contribution in [-0.4, -0.2) is 23.1 Å². The van der Waals surface area contributed by atoms with Crippen LogP contribution in [0.4, 0.5) is 11.4 Å². The Morgan fingerprint density at radius 1 is 1.22 bits per heavy atom. The molecular formula is C24H26N4O3S. The molecule has 1 amide bonds. The zero-order chi connectivity index (χ0) is 22.9. The molecule has 1 aliphatic heterocycles. The van der Waals surface area contributed by atoms with Gasteiger partial charge in [-0.1, -0.05) is 26.8 Å². The van der Waals surface area contributed by atoms with Crippen molar-refractivity contribution in [1.29, 1.82) is 0 Å². The lowest BCUT2D eigenvalue weighted by Crippen LogP contribution is -2.29. The molecule has 0 radical (unpaired) electrons. The van der Waals surface area contributed by atoms with Crippen molar-refractivity contribution in [2.24, 2.45) is 5.41 Å². The van der Waals surface area contributed by atoms with Crippen LogP contribution in [0.15, 0.2) is 65.4 Å². The number of hydrogen-bond acceptors (Lipinski definition) is 5. The number of anilines is 2. The Balaban J connectivity index is 1.72. The van der Waals surface area contributed by atoms with Crippen LogP contribution in [0, 0.1) is 5.41 Å². The lowest BCUT2D eigenvalue weighted by Gasteiger charge is -2.27. The number of carbonyl (C=O) groups is 1. The van der Waals surface area contributed by atoms with Crippen LogP contribution < -0.4 is 20.3 Å². The number of methoxy groups -OCH3 is 1. The lowest BCUT2D eigenvalue weighted by molar-refractivity contribution is -0.123. The molecule has 0 aliphatic carbocycles. The summed E-state index contributed by atoms with van der Waals surface area (Å²) < 4.78 is 11.4. The summed E-state index contributed by atoms with van der Waals surface area (Å²) in [6.45, 7) is 5.59. The fourth-order valence-electron chi connectivity index (χ4n) is 3.62. The van der Waals surface area contributed by atoms with Crippen molar-refractivity contribution < 1.29 is 13.9 Å². The van der Waals surface area contributed by atoms with Crippen LogP contribution in [0.1, 0.15) is 44.3 Å². The average Bonchev–Trinajstić information content (AvgIpc) is 3.41. The number of carbonyl (C=O) groups excluding carboxylic acids is 1. The molecule has 0 saturated carbocycles. The van der Waals surface area contributed by atoms with Crippen LogP contribution in [0.5, 0.6) is 5.75 Å². The Hall–Kier alpha value is -3.39. The number of rotatable bonds is 5. The molecule has 32 heavy (non-hydrogen) atoms. The van der Waals surface area contributed by atoms with E-state index >= 15 is 0 Å². The smallest absolute Gasteiger partial charge is 0.229 e. The minimum Gasteiger partial charge on any atom is -0.494 e. The fourth-order valence-corrected chi connectivity index (χ4v) is 3.97. The Labute approximate surface area is 192 Å². The van der Waals surface area contributed by atoms with Gasteiger partial charge in [-0.05, 0) is 48.6 Å². The van der Waals surface area contributed by atoms with Crippen molar-refractivity contribution in [3.63, 3.8) is 0 Å². The molecule has 3 aromatic rings. The van der Waals surface area contributed by atoms with Crippen LogP contribution in [0.25, 0.3) is 0 Å². The van der Waals surface area contributed by atoms with E-state index in [4.69, 9.17) is 21.4 Å². The van der Waals surface area contributed by atoms with E-state index < -0.39 is 5.41 Å². The van der Waals surface area contributed by atoms with Gasteiger partial charge in [0.25, 0.3) is 0 Å². The third-order valence-corrected chi connectivity index (χ3v) is 5.64. The van der Waals surface area contributed by atoms with Gasteiger partial charge in [-0.15, -0.1) is 0 Å². The molecule has 7 nitrogen and oxygen atoms in total. The van der Waals surface area contributed by atoms with Crippen LogP contribution >= 0.6 is 12.2 Å². The van der Waals surface area contributed by atoms with Crippen molar-refractivity contribution in [2.75, 3.05) is 17.3 Å². The van der Waals surface area contributed by atoms with Crippen molar-refractivity contribution in [1.82, 2.24) is 10.3 Å². The maximum absolute atomic E-state index is 12.5. The summed E-state index contributed by atoms with van der Waals surface area (Å²) in [6.07, 6.45) is 3.41. The first-order chi connectivity index (χ1) is 15.3. The van der Waals surface area contributed by atoms with Crippen LogP contribution in [0.3, 0.4) is 0 Å². The summed E-state index contributed by atoms with van der Waals surface area (Å²) >= 11 is 5.72. The molecule has 0 bridgehead atoms. The van der Waals surface area contributed by atoms with Gasteiger partial charge in [-0.2, -0.15) is 0 Å². The first kappa shape index (κ1) is 21.8. The van der Waals surface area contributed by atoms with Gasteiger partial charge in [0, 0.05) is 23.4 Å². The minimum atomic E-state index is -0.523. The maximum Gasteiger partial charge on any atom is 0.229 e. The van der Waals surface area contributed by atoms with Gasteiger partial charge in [0.1, 0.15) is 17.6 Å². The van der Waals surface area contributed by atoms with Gasteiger partial charge < -0.3 is 24.7 Å². The molecule has 2 N–H and O–H groups in total. The molecule has 1 fully saturated rings. The summed E-state index contributed by atoms with van der Waals surface area (Å²) in [5, 5.41) is 6.88. The first-order valence-electron chi connectivity index (χ1n) is 10.3. The molecule has 2 atom stereocenters. The quantitative estimate of drug-likeness (QED) is 0.538. The number of ether oxygens (including phenoxy) is 1. The van der Waals surface area contributed by atoms with E-state index in [1.165, 1.54) is 0 Å². The van der Waals surface area contributed by atoms with Crippen molar-refractivity contribution in [3.05, 3.63) is 72.4 Å². The van der Waals surface area contributed by atoms with E-state index in [0.29, 0.717) is 16.5 Å². The Morgan fingerprint density at radius 3 is 2.66 bits per heavy atom. The zero-order valence-corrected chi connectivity index (χ0v) is 19.3. The van der Waals surface area contributed by atoms with E-state index in [0.717, 1.165) is 17.1 Å². The Morgan fingerprint density at radius 2 is 2.03 bits per heavy atom. The van der Waals surface area contributed by atoms with E-state index in [1.807, 2.05) is 74.2 Å². The predicted molar refractivity (Wildman–Crippen MR) is 128 cm³/mol. The Bertz CT molecular complexity index is 1110. The molecule has 3 heterocycles. The highest BCUT2D eigenvalue weighted by Crippen LogP contribution is 2.43. The summed E-state index contributed by atoms with van der Waals surface area (Å²) in [6, 6.07) is 14.7. The van der Waals surface area contributed by atoms with E-state index in [9.17, 15) is 4.79 Å². The molecule has 4 rings (SSSR count). The number of aromatic nitrogens is 1. The highest BCUT2D eigenvalue weighted by molar-refractivity contribution is 7.80. The molecule has 1 saturated heterocycles. The number of nitrogens with zero attached hydrogens (tertiary/aromatic N) is 2. The van der Waals surface area contributed by atoms with Gasteiger partial charge >= 0.3 is 0 Å². The largest absolute Gasteiger partial charge is 0.494 e. The lowest BCUT2D eigenvalue weighted by atomic mass is 9.95. The minimum absolute atomic E-state index is 0.0920. The molecule has 2 aromatic heterocycles. The molecule has 1 aliphatic rings. The number of thiocarbonyl (C=S) groups is 1. The average molecular weight is 451 g/mol. The summed E-state index contributed by atoms with van der Waals surface area (Å²) in [7, 11) is 1.58. The van der Waals surface area contributed by atoms with Crippen LogP contribution in [-0.2, 0) is 4.79 Å². The second kappa shape index (κ2) is 8.63.